The lowest BCUT2D eigenvalue weighted by molar-refractivity contribution is -0.115. The smallest absolute Gasteiger partial charge is 0.307 e. The Morgan fingerprint density at radius 1 is 0.960 bits per heavy atom. The molecule has 2 rings (SSSR count). The zero-order valence-corrected chi connectivity index (χ0v) is 13.8. The number of urea groups is 1. The van der Waals surface area contributed by atoms with Crippen molar-refractivity contribution in [1.82, 2.24) is 16.2 Å². The molecule has 25 heavy (non-hydrogen) atoms. The highest BCUT2D eigenvalue weighted by molar-refractivity contribution is 7.80. The Bertz CT molecular complexity index is 779. The van der Waals surface area contributed by atoms with Gasteiger partial charge in [-0.05, 0) is 48.1 Å². The number of hydrazine groups is 1. The van der Waals surface area contributed by atoms with E-state index in [9.17, 15) is 14.0 Å². The molecule has 0 aromatic heterocycles. The van der Waals surface area contributed by atoms with Gasteiger partial charge in [0.15, 0.2) is 5.11 Å². The highest BCUT2D eigenvalue weighted by atomic mass is 32.1. The molecule has 4 N–H and O–H groups in total. The van der Waals surface area contributed by atoms with Crippen LogP contribution in [0.2, 0.25) is 0 Å². The van der Waals surface area contributed by atoms with Crippen molar-refractivity contribution in [3.63, 3.8) is 0 Å². The van der Waals surface area contributed by atoms with E-state index >= 15 is 0 Å². The number of carbonyl (C=O) groups is 2. The summed E-state index contributed by atoms with van der Waals surface area (Å²) in [6.45, 7) is 0. The first kappa shape index (κ1) is 18.1. The molecule has 8 heteroatoms. The van der Waals surface area contributed by atoms with Crippen LogP contribution in [0.4, 0.5) is 14.9 Å². The average molecular weight is 358 g/mol. The second-order valence-electron chi connectivity index (χ2n) is 4.77. The standard InChI is InChI=1S/C17H15FN4O2S/c18-13-9-6-12(7-10-13)8-11-15(23)20-17(25)22-21-16(24)19-14-4-2-1-3-5-14/h1-11H,(H2,19,21,24)(H2,20,22,23,25). The second-order valence-corrected chi connectivity index (χ2v) is 5.18. The molecular formula is C17H15FN4O2S. The van der Waals surface area contributed by atoms with Crippen molar-refractivity contribution < 1.29 is 14.0 Å². The van der Waals surface area contributed by atoms with Gasteiger partial charge in [0.05, 0.1) is 0 Å². The number of anilines is 1. The summed E-state index contributed by atoms with van der Waals surface area (Å²) in [7, 11) is 0. The van der Waals surface area contributed by atoms with Gasteiger partial charge in [0.1, 0.15) is 5.82 Å². The number of hydrogen-bond donors (Lipinski definition) is 4. The first-order chi connectivity index (χ1) is 12.0. The molecule has 0 aliphatic heterocycles. The molecule has 0 heterocycles. The van der Waals surface area contributed by atoms with Gasteiger partial charge in [-0.2, -0.15) is 0 Å². The van der Waals surface area contributed by atoms with Gasteiger partial charge < -0.3 is 5.32 Å². The van der Waals surface area contributed by atoms with E-state index in [0.717, 1.165) is 0 Å². The van der Waals surface area contributed by atoms with Crippen molar-refractivity contribution in [2.24, 2.45) is 0 Å². The molecule has 6 nitrogen and oxygen atoms in total. The van der Waals surface area contributed by atoms with Gasteiger partial charge in [-0.15, -0.1) is 0 Å². The number of para-hydroxylation sites is 1. The van der Waals surface area contributed by atoms with Crippen LogP contribution < -0.4 is 21.5 Å². The SMILES string of the molecule is O=C(C=Cc1ccc(F)cc1)NC(=S)NNC(=O)Nc1ccccc1. The topological polar surface area (TPSA) is 82.3 Å². The number of nitrogens with one attached hydrogen (secondary N) is 4. The number of carbonyl (C=O) groups excluding carboxylic acids is 2. The molecule has 0 fully saturated rings. The van der Waals surface area contributed by atoms with Crippen LogP contribution in [-0.4, -0.2) is 17.1 Å². The first-order valence-corrected chi connectivity index (χ1v) is 7.60. The molecule has 0 bridgehead atoms. The van der Waals surface area contributed by atoms with Crippen LogP contribution in [0.25, 0.3) is 6.08 Å². The molecule has 0 spiro atoms. The van der Waals surface area contributed by atoms with Gasteiger partial charge in [-0.3, -0.25) is 15.5 Å². The van der Waals surface area contributed by atoms with Crippen molar-refractivity contribution in [2.45, 2.75) is 0 Å². The highest BCUT2D eigenvalue weighted by Crippen LogP contribution is 2.04. The first-order valence-electron chi connectivity index (χ1n) is 7.19. The number of halogens is 1. The molecule has 3 amide bonds. The normalized spacial score (nSPS) is 10.1. The predicted octanol–water partition coefficient (Wildman–Crippen LogP) is 2.57. The van der Waals surface area contributed by atoms with Gasteiger partial charge in [0, 0.05) is 11.8 Å². The lowest BCUT2D eigenvalue weighted by atomic mass is 10.2. The maximum atomic E-state index is 12.8. The minimum absolute atomic E-state index is 0.0723. The van der Waals surface area contributed by atoms with Crippen LogP contribution in [0.5, 0.6) is 0 Å². The predicted molar refractivity (Wildman–Crippen MR) is 97.9 cm³/mol. The summed E-state index contributed by atoms with van der Waals surface area (Å²) in [6.07, 6.45) is 2.75. The second kappa shape index (κ2) is 9.14. The van der Waals surface area contributed by atoms with E-state index in [2.05, 4.69) is 21.5 Å². The molecule has 0 radical (unpaired) electrons. The molecule has 2 aromatic rings. The summed E-state index contributed by atoms with van der Waals surface area (Å²) >= 11 is 4.89. The van der Waals surface area contributed by atoms with Crippen molar-refractivity contribution in [2.75, 3.05) is 5.32 Å². The largest absolute Gasteiger partial charge is 0.337 e. The van der Waals surface area contributed by atoms with E-state index in [1.807, 2.05) is 6.07 Å². The Hall–Kier alpha value is -3.26. The molecule has 0 saturated carbocycles. The molecule has 0 unspecified atom stereocenters. The van der Waals surface area contributed by atoms with Crippen LogP contribution in [-0.2, 0) is 4.79 Å². The summed E-state index contributed by atoms with van der Waals surface area (Å²) in [5.74, 6) is -0.848. The minimum Gasteiger partial charge on any atom is -0.307 e. The Labute approximate surface area is 149 Å². The fourth-order valence-corrected chi connectivity index (χ4v) is 1.88. The van der Waals surface area contributed by atoms with Crippen LogP contribution >= 0.6 is 12.2 Å². The van der Waals surface area contributed by atoms with Gasteiger partial charge in [0.2, 0.25) is 5.91 Å². The lowest BCUT2D eigenvalue weighted by Crippen LogP contribution is -2.49. The van der Waals surface area contributed by atoms with Crippen molar-refractivity contribution in [1.29, 1.82) is 0 Å². The average Bonchev–Trinajstić information content (AvgIpc) is 2.60. The zero-order valence-electron chi connectivity index (χ0n) is 13.0. The summed E-state index contributed by atoms with van der Waals surface area (Å²) in [5.41, 5.74) is 5.96. The fourth-order valence-electron chi connectivity index (χ4n) is 1.73. The van der Waals surface area contributed by atoms with Crippen LogP contribution in [0, 0.1) is 5.82 Å². The van der Waals surface area contributed by atoms with Gasteiger partial charge in [-0.25, -0.2) is 14.6 Å². The summed E-state index contributed by atoms with van der Waals surface area (Å²) in [5, 5.41) is 4.86. The molecule has 0 aliphatic carbocycles. The van der Waals surface area contributed by atoms with Crippen molar-refractivity contribution >= 4 is 41.0 Å². The maximum Gasteiger partial charge on any atom is 0.337 e. The molecule has 0 saturated heterocycles. The highest BCUT2D eigenvalue weighted by Gasteiger charge is 2.04. The van der Waals surface area contributed by atoms with Crippen molar-refractivity contribution in [3.05, 3.63) is 72.1 Å². The quantitative estimate of drug-likeness (QED) is 0.386. The van der Waals surface area contributed by atoms with E-state index in [-0.39, 0.29) is 10.9 Å². The monoisotopic (exact) mass is 358 g/mol. The summed E-state index contributed by atoms with van der Waals surface area (Å²) in [4.78, 5) is 23.3. The van der Waals surface area contributed by atoms with E-state index < -0.39 is 11.9 Å². The number of amides is 3. The zero-order chi connectivity index (χ0) is 18.1. The summed E-state index contributed by atoms with van der Waals surface area (Å²) in [6, 6.07) is 13.9. The van der Waals surface area contributed by atoms with Crippen molar-refractivity contribution in [3.8, 4) is 0 Å². The minimum atomic E-state index is -0.537. The maximum absolute atomic E-state index is 12.8. The van der Waals surface area contributed by atoms with Crippen LogP contribution in [0.15, 0.2) is 60.7 Å². The molecule has 128 valence electrons. The molecule has 0 atom stereocenters. The Balaban J connectivity index is 1.73. The number of benzene rings is 2. The molecular weight excluding hydrogens is 343 g/mol. The van der Waals surface area contributed by atoms with Crippen LogP contribution in [0.3, 0.4) is 0 Å². The summed E-state index contributed by atoms with van der Waals surface area (Å²) < 4.78 is 12.8. The van der Waals surface area contributed by atoms with Crippen LogP contribution in [0.1, 0.15) is 5.56 Å². The number of thiocarbonyl (C=S) groups is 1. The number of rotatable bonds is 3. The van der Waals surface area contributed by atoms with E-state index in [1.165, 1.54) is 36.4 Å². The van der Waals surface area contributed by atoms with E-state index in [1.54, 1.807) is 24.3 Å². The van der Waals surface area contributed by atoms with E-state index in [4.69, 9.17) is 12.2 Å². The third-order valence-corrected chi connectivity index (χ3v) is 3.06. The van der Waals surface area contributed by atoms with E-state index in [0.29, 0.717) is 11.3 Å². The van der Waals surface area contributed by atoms with Gasteiger partial charge >= 0.3 is 6.03 Å². The Kier molecular flexibility index (Phi) is 6.61. The van der Waals surface area contributed by atoms with Gasteiger partial charge in [0.25, 0.3) is 0 Å². The third-order valence-electron chi connectivity index (χ3n) is 2.86. The number of hydrogen-bond acceptors (Lipinski definition) is 3. The molecule has 2 aromatic carbocycles. The Morgan fingerprint density at radius 2 is 1.64 bits per heavy atom. The lowest BCUT2D eigenvalue weighted by Gasteiger charge is -2.10. The third kappa shape index (κ3) is 6.80. The Morgan fingerprint density at radius 3 is 2.32 bits per heavy atom. The molecule has 0 aliphatic rings. The fraction of sp³-hybridized carbons (Fsp3) is 0. The van der Waals surface area contributed by atoms with Gasteiger partial charge in [-0.1, -0.05) is 30.3 Å².